The molecule has 0 amide bonds. The number of rotatable bonds is 2. The summed E-state index contributed by atoms with van der Waals surface area (Å²) in [6.45, 7) is 5.80. The van der Waals surface area contributed by atoms with Crippen molar-refractivity contribution in [2.75, 3.05) is 31.1 Å². The molecular weight excluding hydrogens is 252 g/mol. The lowest BCUT2D eigenvalue weighted by molar-refractivity contribution is 0.103. The zero-order valence-electron chi connectivity index (χ0n) is 11.8. The average molecular weight is 276 g/mol. The molecule has 2 unspecified atom stereocenters. The summed E-state index contributed by atoms with van der Waals surface area (Å²) in [5.41, 5.74) is 1.53. The van der Waals surface area contributed by atoms with E-state index in [-0.39, 0.29) is 5.54 Å². The van der Waals surface area contributed by atoms with Gasteiger partial charge in [0.2, 0.25) is 0 Å². The highest BCUT2D eigenvalue weighted by molar-refractivity contribution is 7.99. The fraction of sp³-hybridized carbons (Fsp3) is 0.625. The van der Waals surface area contributed by atoms with E-state index >= 15 is 0 Å². The van der Waals surface area contributed by atoms with Gasteiger partial charge in [0, 0.05) is 31.4 Å². The zero-order chi connectivity index (χ0) is 13.1. The Kier molecular flexibility index (Phi) is 4.15. The minimum atomic E-state index is 0.113. The zero-order valence-corrected chi connectivity index (χ0v) is 12.6. The first kappa shape index (κ1) is 13.5. The monoisotopic (exact) mass is 276 g/mol. The normalized spacial score (nSPS) is 33.2. The van der Waals surface area contributed by atoms with Gasteiger partial charge in [-0.3, -0.25) is 4.90 Å². The minimum absolute atomic E-state index is 0.113. The molecule has 0 radical (unpaired) electrons. The van der Waals surface area contributed by atoms with Crippen LogP contribution >= 0.6 is 11.8 Å². The Labute approximate surface area is 121 Å². The molecular formula is C16H24N2S. The maximum Gasteiger partial charge on any atom is 0.0535 e. The molecule has 1 aromatic rings. The first-order chi connectivity index (χ1) is 9.28. The number of nitrogens with zero attached hydrogens (tertiary/aromatic N) is 1. The Morgan fingerprint density at radius 2 is 2.16 bits per heavy atom. The average Bonchev–Trinajstić information content (AvgIpc) is 2.49. The molecule has 2 saturated heterocycles. The van der Waals surface area contributed by atoms with Crippen LogP contribution in [0.5, 0.6) is 0 Å². The molecule has 2 aliphatic rings. The first-order valence-electron chi connectivity index (χ1n) is 7.40. The molecule has 2 atom stereocenters. The van der Waals surface area contributed by atoms with Crippen LogP contribution in [0.15, 0.2) is 30.3 Å². The van der Waals surface area contributed by atoms with Gasteiger partial charge in [-0.15, -0.1) is 0 Å². The van der Waals surface area contributed by atoms with Crippen LogP contribution in [-0.2, 0) is 5.54 Å². The summed E-state index contributed by atoms with van der Waals surface area (Å²) in [4.78, 5) is 2.72. The van der Waals surface area contributed by atoms with E-state index in [4.69, 9.17) is 0 Å². The summed E-state index contributed by atoms with van der Waals surface area (Å²) in [5.74, 6) is 2.68. The van der Waals surface area contributed by atoms with Crippen LogP contribution in [0.2, 0.25) is 0 Å². The molecule has 2 heterocycles. The number of thioether (sulfide) groups is 1. The third-order valence-electron chi connectivity index (χ3n) is 4.50. The highest BCUT2D eigenvalue weighted by Gasteiger charge is 2.35. The van der Waals surface area contributed by atoms with E-state index < -0.39 is 0 Å². The van der Waals surface area contributed by atoms with E-state index in [0.717, 1.165) is 19.1 Å². The second-order valence-corrected chi connectivity index (χ2v) is 7.12. The van der Waals surface area contributed by atoms with E-state index in [1.807, 2.05) is 0 Å². The van der Waals surface area contributed by atoms with Crippen molar-refractivity contribution in [3.8, 4) is 0 Å². The molecule has 0 spiro atoms. The van der Waals surface area contributed by atoms with Gasteiger partial charge in [-0.05, 0) is 31.1 Å². The molecule has 2 nitrogen and oxygen atoms in total. The SMILES string of the molecule is CC1(c2ccccc2)CN(C2CCCSC2)CCN1. The summed E-state index contributed by atoms with van der Waals surface area (Å²) in [6, 6.07) is 11.7. The van der Waals surface area contributed by atoms with Crippen LogP contribution < -0.4 is 5.32 Å². The molecule has 0 saturated carbocycles. The van der Waals surface area contributed by atoms with Crippen molar-refractivity contribution in [2.45, 2.75) is 31.3 Å². The summed E-state index contributed by atoms with van der Waals surface area (Å²) in [6.07, 6.45) is 2.78. The van der Waals surface area contributed by atoms with Gasteiger partial charge in [0.15, 0.2) is 0 Å². The van der Waals surface area contributed by atoms with Gasteiger partial charge >= 0.3 is 0 Å². The molecule has 19 heavy (non-hydrogen) atoms. The standard InChI is InChI=1S/C16H24N2S/c1-16(14-6-3-2-4-7-14)13-18(10-9-17-16)15-8-5-11-19-12-15/h2-4,6-7,15,17H,5,8-13H2,1H3. The molecule has 1 N–H and O–H groups in total. The largest absolute Gasteiger partial charge is 0.305 e. The Hall–Kier alpha value is -0.510. The van der Waals surface area contributed by atoms with Gasteiger partial charge in [-0.2, -0.15) is 11.8 Å². The van der Waals surface area contributed by atoms with Gasteiger partial charge in [0.25, 0.3) is 0 Å². The third-order valence-corrected chi connectivity index (χ3v) is 5.69. The van der Waals surface area contributed by atoms with Gasteiger partial charge in [-0.25, -0.2) is 0 Å². The van der Waals surface area contributed by atoms with E-state index in [0.29, 0.717) is 0 Å². The van der Waals surface area contributed by atoms with E-state index in [2.05, 4.69) is 59.2 Å². The Morgan fingerprint density at radius 3 is 2.89 bits per heavy atom. The van der Waals surface area contributed by atoms with Crippen molar-refractivity contribution in [1.29, 1.82) is 0 Å². The lowest BCUT2D eigenvalue weighted by Gasteiger charge is -2.46. The maximum absolute atomic E-state index is 3.73. The van der Waals surface area contributed by atoms with Crippen LogP contribution in [0.1, 0.15) is 25.3 Å². The predicted molar refractivity (Wildman–Crippen MR) is 83.7 cm³/mol. The molecule has 2 aliphatic heterocycles. The number of hydrogen-bond donors (Lipinski definition) is 1. The van der Waals surface area contributed by atoms with Crippen LogP contribution in [0.25, 0.3) is 0 Å². The molecule has 0 bridgehead atoms. The van der Waals surface area contributed by atoms with Crippen molar-refractivity contribution in [3.63, 3.8) is 0 Å². The maximum atomic E-state index is 3.73. The fourth-order valence-electron chi connectivity index (χ4n) is 3.34. The second-order valence-electron chi connectivity index (χ2n) is 5.97. The second kappa shape index (κ2) is 5.86. The topological polar surface area (TPSA) is 15.3 Å². The number of nitrogens with one attached hydrogen (secondary N) is 1. The van der Waals surface area contributed by atoms with Gasteiger partial charge in [0.05, 0.1) is 5.54 Å². The Bertz CT molecular complexity index is 402. The molecule has 2 fully saturated rings. The molecule has 0 aliphatic carbocycles. The Balaban J connectivity index is 1.73. The van der Waals surface area contributed by atoms with Crippen LogP contribution in [-0.4, -0.2) is 42.1 Å². The lowest BCUT2D eigenvalue weighted by atomic mass is 9.89. The van der Waals surface area contributed by atoms with Crippen molar-refractivity contribution < 1.29 is 0 Å². The van der Waals surface area contributed by atoms with Gasteiger partial charge in [-0.1, -0.05) is 30.3 Å². The Morgan fingerprint density at radius 1 is 1.32 bits per heavy atom. The fourth-order valence-corrected chi connectivity index (χ4v) is 4.53. The number of hydrogen-bond acceptors (Lipinski definition) is 3. The quantitative estimate of drug-likeness (QED) is 0.894. The highest BCUT2D eigenvalue weighted by Crippen LogP contribution is 2.29. The van der Waals surface area contributed by atoms with Crippen molar-refractivity contribution in [1.82, 2.24) is 10.2 Å². The molecule has 1 aromatic carbocycles. The number of piperazine rings is 1. The summed E-state index contributed by atoms with van der Waals surface area (Å²) in [5, 5.41) is 3.73. The van der Waals surface area contributed by atoms with Gasteiger partial charge in [0.1, 0.15) is 0 Å². The van der Waals surface area contributed by atoms with E-state index in [1.165, 1.54) is 36.5 Å². The first-order valence-corrected chi connectivity index (χ1v) is 8.56. The molecule has 3 heteroatoms. The van der Waals surface area contributed by atoms with E-state index in [9.17, 15) is 0 Å². The van der Waals surface area contributed by atoms with Crippen LogP contribution in [0.3, 0.4) is 0 Å². The molecule has 3 rings (SSSR count). The molecule has 0 aromatic heterocycles. The predicted octanol–water partition coefficient (Wildman–Crippen LogP) is 2.70. The smallest absolute Gasteiger partial charge is 0.0535 e. The van der Waals surface area contributed by atoms with Crippen LogP contribution in [0, 0.1) is 0 Å². The van der Waals surface area contributed by atoms with E-state index in [1.54, 1.807) is 0 Å². The van der Waals surface area contributed by atoms with Crippen LogP contribution in [0.4, 0.5) is 0 Å². The molecule has 104 valence electrons. The minimum Gasteiger partial charge on any atom is -0.305 e. The summed E-state index contributed by atoms with van der Waals surface area (Å²) < 4.78 is 0. The van der Waals surface area contributed by atoms with Crippen molar-refractivity contribution >= 4 is 11.8 Å². The lowest BCUT2D eigenvalue weighted by Crippen LogP contribution is -2.59. The summed E-state index contributed by atoms with van der Waals surface area (Å²) in [7, 11) is 0. The van der Waals surface area contributed by atoms with Gasteiger partial charge < -0.3 is 5.32 Å². The third kappa shape index (κ3) is 2.99. The van der Waals surface area contributed by atoms with Crippen molar-refractivity contribution in [2.24, 2.45) is 0 Å². The summed E-state index contributed by atoms with van der Waals surface area (Å²) >= 11 is 2.13. The highest BCUT2D eigenvalue weighted by atomic mass is 32.2. The number of benzene rings is 1. The van der Waals surface area contributed by atoms with Crippen molar-refractivity contribution in [3.05, 3.63) is 35.9 Å².